The van der Waals surface area contributed by atoms with Crippen molar-refractivity contribution in [3.05, 3.63) is 35.0 Å². The predicted molar refractivity (Wildman–Crippen MR) is 66.4 cm³/mol. The first-order valence-corrected chi connectivity index (χ1v) is 5.65. The van der Waals surface area contributed by atoms with Crippen molar-refractivity contribution in [3.63, 3.8) is 0 Å². The van der Waals surface area contributed by atoms with Gasteiger partial charge in [0.1, 0.15) is 0 Å². The van der Waals surface area contributed by atoms with E-state index in [0.717, 1.165) is 23.2 Å². The number of fused-ring (bicyclic) bond motifs is 1. The second-order valence-electron chi connectivity index (χ2n) is 4.15. The molecule has 0 bridgehead atoms. The summed E-state index contributed by atoms with van der Waals surface area (Å²) in [5.74, 6) is 0. The number of para-hydroxylation sites is 1. The number of aryl methyl sites for hydroxylation is 2. The van der Waals surface area contributed by atoms with Gasteiger partial charge in [-0.05, 0) is 24.5 Å². The maximum atomic E-state index is 9.12. The minimum absolute atomic E-state index is 0.0326. The number of rotatable bonds is 3. The van der Waals surface area contributed by atoms with Gasteiger partial charge in [-0.25, -0.2) is 0 Å². The van der Waals surface area contributed by atoms with E-state index in [-0.39, 0.29) is 12.6 Å². The maximum absolute atomic E-state index is 9.12. The summed E-state index contributed by atoms with van der Waals surface area (Å²) in [5, 5.41) is 10.3. The van der Waals surface area contributed by atoms with Crippen LogP contribution in [0.3, 0.4) is 0 Å². The van der Waals surface area contributed by atoms with E-state index in [1.165, 1.54) is 10.9 Å². The molecule has 3 heteroatoms. The predicted octanol–water partition coefficient (Wildman–Crippen LogP) is 2.03. The summed E-state index contributed by atoms with van der Waals surface area (Å²) in [7, 11) is 0. The lowest BCUT2D eigenvalue weighted by Gasteiger charge is -2.06. The fourth-order valence-corrected chi connectivity index (χ4v) is 2.19. The van der Waals surface area contributed by atoms with Gasteiger partial charge in [0.15, 0.2) is 0 Å². The Balaban J connectivity index is 2.67. The second kappa shape index (κ2) is 4.28. The standard InChI is InChI=1S/C13H18N2O/c1-3-9-5-4-6-10-8(2)12(11(14)7-16)15-13(9)10/h4-6,11,15-16H,3,7,14H2,1-2H3. The molecule has 0 aliphatic carbocycles. The molecule has 86 valence electrons. The molecule has 2 rings (SSSR count). The molecule has 1 heterocycles. The van der Waals surface area contributed by atoms with E-state index in [1.54, 1.807) is 0 Å². The number of nitrogens with one attached hydrogen (secondary N) is 1. The fourth-order valence-electron chi connectivity index (χ4n) is 2.19. The molecular weight excluding hydrogens is 200 g/mol. The first kappa shape index (κ1) is 11.2. The average molecular weight is 218 g/mol. The van der Waals surface area contributed by atoms with Gasteiger partial charge >= 0.3 is 0 Å². The van der Waals surface area contributed by atoms with Crippen LogP contribution in [0.5, 0.6) is 0 Å². The van der Waals surface area contributed by atoms with Crippen LogP contribution in [0, 0.1) is 6.92 Å². The van der Waals surface area contributed by atoms with Crippen LogP contribution in [0.15, 0.2) is 18.2 Å². The van der Waals surface area contributed by atoms with Crippen molar-refractivity contribution < 1.29 is 5.11 Å². The molecule has 1 unspecified atom stereocenters. The molecule has 4 N–H and O–H groups in total. The summed E-state index contributed by atoms with van der Waals surface area (Å²) in [6, 6.07) is 5.95. The van der Waals surface area contributed by atoms with E-state index >= 15 is 0 Å². The van der Waals surface area contributed by atoms with Crippen LogP contribution in [-0.2, 0) is 6.42 Å². The lowest BCUT2D eigenvalue weighted by molar-refractivity contribution is 0.266. The van der Waals surface area contributed by atoms with Gasteiger partial charge in [-0.2, -0.15) is 0 Å². The quantitative estimate of drug-likeness (QED) is 0.738. The molecule has 0 aliphatic rings. The molecule has 0 saturated carbocycles. The number of aliphatic hydroxyl groups is 1. The van der Waals surface area contributed by atoms with E-state index < -0.39 is 0 Å². The number of aliphatic hydroxyl groups excluding tert-OH is 1. The molecular formula is C13H18N2O. The van der Waals surface area contributed by atoms with Crippen molar-refractivity contribution >= 4 is 10.9 Å². The van der Waals surface area contributed by atoms with Crippen LogP contribution in [0.25, 0.3) is 10.9 Å². The van der Waals surface area contributed by atoms with Crippen LogP contribution in [0.4, 0.5) is 0 Å². The molecule has 1 aromatic heterocycles. The van der Waals surface area contributed by atoms with Crippen LogP contribution in [0.2, 0.25) is 0 Å². The third-order valence-corrected chi connectivity index (χ3v) is 3.17. The van der Waals surface area contributed by atoms with Gasteiger partial charge in [-0.3, -0.25) is 0 Å². The Bertz CT molecular complexity index is 502. The summed E-state index contributed by atoms with van der Waals surface area (Å²) < 4.78 is 0. The lowest BCUT2D eigenvalue weighted by Crippen LogP contribution is -2.15. The monoisotopic (exact) mass is 218 g/mol. The van der Waals surface area contributed by atoms with Crippen LogP contribution < -0.4 is 5.73 Å². The largest absolute Gasteiger partial charge is 0.394 e. The second-order valence-corrected chi connectivity index (χ2v) is 4.15. The van der Waals surface area contributed by atoms with Crippen LogP contribution >= 0.6 is 0 Å². The smallest absolute Gasteiger partial charge is 0.0685 e. The molecule has 16 heavy (non-hydrogen) atoms. The van der Waals surface area contributed by atoms with Gasteiger partial charge in [0, 0.05) is 16.6 Å². The van der Waals surface area contributed by atoms with Crippen LogP contribution in [-0.4, -0.2) is 16.7 Å². The van der Waals surface area contributed by atoms with Gasteiger partial charge in [0.05, 0.1) is 12.6 Å². The van der Waals surface area contributed by atoms with Crippen molar-refractivity contribution in [3.8, 4) is 0 Å². The average Bonchev–Trinajstić information content (AvgIpc) is 2.66. The third-order valence-electron chi connectivity index (χ3n) is 3.17. The Morgan fingerprint density at radius 3 is 2.81 bits per heavy atom. The molecule has 0 radical (unpaired) electrons. The van der Waals surface area contributed by atoms with Crippen molar-refractivity contribution in [1.82, 2.24) is 4.98 Å². The Hall–Kier alpha value is -1.32. The Kier molecular flexibility index (Phi) is 2.99. The number of hydrogen-bond donors (Lipinski definition) is 3. The van der Waals surface area contributed by atoms with Gasteiger partial charge < -0.3 is 15.8 Å². The molecule has 1 aromatic carbocycles. The van der Waals surface area contributed by atoms with Crippen LogP contribution in [0.1, 0.15) is 29.8 Å². The van der Waals surface area contributed by atoms with E-state index in [1.807, 2.05) is 6.92 Å². The Morgan fingerprint density at radius 2 is 2.19 bits per heavy atom. The maximum Gasteiger partial charge on any atom is 0.0685 e. The van der Waals surface area contributed by atoms with Gasteiger partial charge in [0.25, 0.3) is 0 Å². The van der Waals surface area contributed by atoms with Crippen molar-refractivity contribution in [1.29, 1.82) is 0 Å². The number of hydrogen-bond acceptors (Lipinski definition) is 2. The van der Waals surface area contributed by atoms with Gasteiger partial charge in [-0.1, -0.05) is 25.1 Å². The van der Waals surface area contributed by atoms with E-state index in [4.69, 9.17) is 10.8 Å². The first-order chi connectivity index (χ1) is 7.69. The van der Waals surface area contributed by atoms with Gasteiger partial charge in [0.2, 0.25) is 0 Å². The Morgan fingerprint density at radius 1 is 1.44 bits per heavy atom. The highest BCUT2D eigenvalue weighted by atomic mass is 16.3. The number of H-pyrrole nitrogens is 1. The summed E-state index contributed by atoms with van der Waals surface area (Å²) in [6.45, 7) is 4.15. The fraction of sp³-hybridized carbons (Fsp3) is 0.385. The first-order valence-electron chi connectivity index (χ1n) is 5.65. The molecule has 0 saturated heterocycles. The van der Waals surface area contributed by atoms with Crippen molar-refractivity contribution in [2.24, 2.45) is 5.73 Å². The van der Waals surface area contributed by atoms with Crippen molar-refractivity contribution in [2.45, 2.75) is 26.3 Å². The summed E-state index contributed by atoms with van der Waals surface area (Å²) in [4.78, 5) is 3.35. The zero-order valence-electron chi connectivity index (χ0n) is 9.75. The third kappa shape index (κ3) is 1.62. The topological polar surface area (TPSA) is 62.0 Å². The number of benzene rings is 1. The lowest BCUT2D eigenvalue weighted by atomic mass is 10.1. The highest BCUT2D eigenvalue weighted by molar-refractivity contribution is 5.87. The molecule has 1 atom stereocenters. The minimum Gasteiger partial charge on any atom is -0.394 e. The van der Waals surface area contributed by atoms with E-state index in [0.29, 0.717) is 0 Å². The Labute approximate surface area is 95.3 Å². The number of nitrogens with two attached hydrogens (primary N) is 1. The summed E-state index contributed by atoms with van der Waals surface area (Å²) >= 11 is 0. The molecule has 2 aromatic rings. The zero-order chi connectivity index (χ0) is 11.7. The van der Waals surface area contributed by atoms with Gasteiger partial charge in [-0.15, -0.1) is 0 Å². The highest BCUT2D eigenvalue weighted by Gasteiger charge is 2.14. The minimum atomic E-state index is -0.322. The normalized spacial score (nSPS) is 13.2. The molecule has 0 spiro atoms. The van der Waals surface area contributed by atoms with E-state index in [2.05, 4.69) is 30.1 Å². The molecule has 0 fully saturated rings. The summed E-state index contributed by atoms with van der Waals surface area (Å²) in [5.41, 5.74) is 10.4. The van der Waals surface area contributed by atoms with E-state index in [9.17, 15) is 0 Å². The number of aromatic amines is 1. The summed E-state index contributed by atoms with van der Waals surface area (Å²) in [6.07, 6.45) is 0.991. The molecule has 3 nitrogen and oxygen atoms in total. The highest BCUT2D eigenvalue weighted by Crippen LogP contribution is 2.27. The molecule has 0 amide bonds. The van der Waals surface area contributed by atoms with Crippen molar-refractivity contribution in [2.75, 3.05) is 6.61 Å². The molecule has 0 aliphatic heterocycles. The zero-order valence-corrected chi connectivity index (χ0v) is 9.75. The number of aromatic nitrogens is 1. The SMILES string of the molecule is CCc1cccc2c(C)c(C(N)CO)[nH]c12.